The molecule has 1 aromatic heterocycles. The first-order chi connectivity index (χ1) is 7.79. The van der Waals surface area contributed by atoms with Gasteiger partial charge >= 0.3 is 0 Å². The highest BCUT2D eigenvalue weighted by Crippen LogP contribution is 2.35. The van der Waals surface area contributed by atoms with Gasteiger partial charge in [-0.05, 0) is 50.4 Å². The molecule has 0 spiro atoms. The van der Waals surface area contributed by atoms with Crippen LogP contribution < -0.4 is 5.32 Å². The number of H-pyrrole nitrogens is 1. The lowest BCUT2D eigenvalue weighted by Crippen LogP contribution is -2.20. The van der Waals surface area contributed by atoms with Crippen molar-refractivity contribution >= 4 is 10.9 Å². The van der Waals surface area contributed by atoms with Gasteiger partial charge in [0.15, 0.2) is 0 Å². The van der Waals surface area contributed by atoms with Crippen molar-refractivity contribution in [1.82, 2.24) is 10.3 Å². The molecule has 0 amide bonds. The lowest BCUT2D eigenvalue weighted by molar-refractivity contribution is 0.497. The molecule has 1 unspecified atom stereocenters. The summed E-state index contributed by atoms with van der Waals surface area (Å²) >= 11 is 0. The zero-order valence-corrected chi connectivity index (χ0v) is 9.93. The molecule has 0 saturated heterocycles. The SMILES string of the molecule is CNC1CCCc2[nH]c3cc(C)ccc3c21. The Morgan fingerprint density at radius 3 is 3.06 bits per heavy atom. The molecule has 1 aromatic carbocycles. The predicted octanol–water partition coefficient (Wildman–Crippen LogP) is 3.07. The van der Waals surface area contributed by atoms with Crippen LogP contribution in [0.5, 0.6) is 0 Å². The monoisotopic (exact) mass is 214 g/mol. The van der Waals surface area contributed by atoms with Crippen molar-refractivity contribution in [2.24, 2.45) is 0 Å². The minimum atomic E-state index is 0.528. The minimum Gasteiger partial charge on any atom is -0.358 e. The highest BCUT2D eigenvalue weighted by Gasteiger charge is 2.22. The predicted molar refractivity (Wildman–Crippen MR) is 67.8 cm³/mol. The van der Waals surface area contributed by atoms with E-state index < -0.39 is 0 Å². The van der Waals surface area contributed by atoms with Gasteiger partial charge in [-0.3, -0.25) is 0 Å². The molecule has 84 valence electrons. The molecular formula is C14H18N2. The molecule has 3 rings (SSSR count). The van der Waals surface area contributed by atoms with Gasteiger partial charge in [-0.25, -0.2) is 0 Å². The van der Waals surface area contributed by atoms with Gasteiger partial charge in [0.1, 0.15) is 0 Å². The van der Waals surface area contributed by atoms with Crippen molar-refractivity contribution in [3.63, 3.8) is 0 Å². The molecule has 2 N–H and O–H groups in total. The van der Waals surface area contributed by atoms with Crippen LogP contribution >= 0.6 is 0 Å². The molecule has 1 aliphatic carbocycles. The Hall–Kier alpha value is -1.28. The Labute approximate surface area is 96.1 Å². The van der Waals surface area contributed by atoms with Crippen molar-refractivity contribution in [2.75, 3.05) is 7.05 Å². The number of benzene rings is 1. The molecule has 0 fully saturated rings. The zero-order chi connectivity index (χ0) is 11.1. The summed E-state index contributed by atoms with van der Waals surface area (Å²) in [5.41, 5.74) is 5.56. The smallest absolute Gasteiger partial charge is 0.0462 e. The first-order valence-corrected chi connectivity index (χ1v) is 6.08. The lowest BCUT2D eigenvalue weighted by atomic mass is 9.91. The first kappa shape index (κ1) is 9.91. The van der Waals surface area contributed by atoms with Crippen LogP contribution in [0.2, 0.25) is 0 Å². The highest BCUT2D eigenvalue weighted by atomic mass is 14.9. The van der Waals surface area contributed by atoms with E-state index in [1.165, 1.54) is 47.0 Å². The third-order valence-electron chi connectivity index (χ3n) is 3.69. The van der Waals surface area contributed by atoms with Gasteiger partial charge in [-0.2, -0.15) is 0 Å². The fourth-order valence-electron chi connectivity index (χ4n) is 2.90. The van der Waals surface area contributed by atoms with E-state index >= 15 is 0 Å². The van der Waals surface area contributed by atoms with Crippen molar-refractivity contribution in [3.05, 3.63) is 35.0 Å². The van der Waals surface area contributed by atoms with Crippen molar-refractivity contribution in [3.8, 4) is 0 Å². The topological polar surface area (TPSA) is 27.8 Å². The van der Waals surface area contributed by atoms with E-state index in [0.29, 0.717) is 6.04 Å². The van der Waals surface area contributed by atoms with E-state index in [2.05, 4.69) is 42.5 Å². The van der Waals surface area contributed by atoms with Gasteiger partial charge in [0.25, 0.3) is 0 Å². The number of hydrogen-bond donors (Lipinski definition) is 2. The molecule has 1 atom stereocenters. The highest BCUT2D eigenvalue weighted by molar-refractivity contribution is 5.86. The van der Waals surface area contributed by atoms with Crippen LogP contribution in [0.15, 0.2) is 18.2 Å². The standard InChI is InChI=1S/C14H18N2/c1-9-6-7-10-13(8-9)16-12-5-3-4-11(15-2)14(10)12/h6-8,11,15-16H,3-5H2,1-2H3. The van der Waals surface area contributed by atoms with Crippen molar-refractivity contribution in [1.29, 1.82) is 0 Å². The van der Waals surface area contributed by atoms with E-state index in [-0.39, 0.29) is 0 Å². The molecular weight excluding hydrogens is 196 g/mol. The van der Waals surface area contributed by atoms with Gasteiger partial charge in [-0.15, -0.1) is 0 Å². The van der Waals surface area contributed by atoms with Crippen LogP contribution in [0.3, 0.4) is 0 Å². The second-order valence-corrected chi connectivity index (χ2v) is 4.80. The largest absolute Gasteiger partial charge is 0.358 e. The van der Waals surface area contributed by atoms with Crippen LogP contribution in [-0.4, -0.2) is 12.0 Å². The molecule has 0 saturated carbocycles. The van der Waals surface area contributed by atoms with Gasteiger partial charge in [-0.1, -0.05) is 12.1 Å². The molecule has 0 bridgehead atoms. The number of aromatic nitrogens is 1. The number of aromatic amines is 1. The van der Waals surface area contributed by atoms with Gasteiger partial charge < -0.3 is 10.3 Å². The fraction of sp³-hybridized carbons (Fsp3) is 0.429. The summed E-state index contributed by atoms with van der Waals surface area (Å²) in [5.74, 6) is 0. The van der Waals surface area contributed by atoms with E-state index in [1.807, 2.05) is 0 Å². The third-order valence-corrected chi connectivity index (χ3v) is 3.69. The maximum Gasteiger partial charge on any atom is 0.0462 e. The Bertz CT molecular complexity index is 525. The number of rotatable bonds is 1. The van der Waals surface area contributed by atoms with Gasteiger partial charge in [0.05, 0.1) is 0 Å². The Kier molecular flexibility index (Phi) is 2.25. The van der Waals surface area contributed by atoms with E-state index in [9.17, 15) is 0 Å². The molecule has 16 heavy (non-hydrogen) atoms. The molecule has 1 heterocycles. The summed E-state index contributed by atoms with van der Waals surface area (Å²) in [6.45, 7) is 2.15. The summed E-state index contributed by atoms with van der Waals surface area (Å²) in [4.78, 5) is 3.58. The van der Waals surface area contributed by atoms with Crippen LogP contribution in [0.1, 0.15) is 35.7 Å². The van der Waals surface area contributed by atoms with Crippen molar-refractivity contribution < 1.29 is 0 Å². The van der Waals surface area contributed by atoms with Gasteiger partial charge in [0.2, 0.25) is 0 Å². The normalized spacial score (nSPS) is 20.0. The fourth-order valence-corrected chi connectivity index (χ4v) is 2.90. The minimum absolute atomic E-state index is 0.528. The second kappa shape index (κ2) is 3.63. The van der Waals surface area contributed by atoms with E-state index in [1.54, 1.807) is 0 Å². The summed E-state index contributed by atoms with van der Waals surface area (Å²) in [5, 5.41) is 4.84. The molecule has 2 heteroatoms. The van der Waals surface area contributed by atoms with Gasteiger partial charge in [0, 0.05) is 22.6 Å². The second-order valence-electron chi connectivity index (χ2n) is 4.80. The number of hydrogen-bond acceptors (Lipinski definition) is 1. The molecule has 1 aliphatic rings. The number of aryl methyl sites for hydroxylation is 2. The Balaban J connectivity index is 2.26. The summed E-state index contributed by atoms with van der Waals surface area (Å²) in [6, 6.07) is 7.24. The average Bonchev–Trinajstić information content (AvgIpc) is 2.65. The van der Waals surface area contributed by atoms with E-state index in [4.69, 9.17) is 0 Å². The number of nitrogens with one attached hydrogen (secondary N) is 2. The Morgan fingerprint density at radius 1 is 1.38 bits per heavy atom. The van der Waals surface area contributed by atoms with Crippen LogP contribution in [0, 0.1) is 6.92 Å². The molecule has 0 aliphatic heterocycles. The maximum absolute atomic E-state index is 3.58. The molecule has 2 aromatic rings. The quantitative estimate of drug-likeness (QED) is 0.750. The zero-order valence-electron chi connectivity index (χ0n) is 9.93. The van der Waals surface area contributed by atoms with Crippen LogP contribution in [0.25, 0.3) is 10.9 Å². The van der Waals surface area contributed by atoms with Crippen LogP contribution in [-0.2, 0) is 6.42 Å². The Morgan fingerprint density at radius 2 is 2.25 bits per heavy atom. The summed E-state index contributed by atoms with van der Waals surface area (Å²) in [7, 11) is 2.06. The van der Waals surface area contributed by atoms with Crippen LogP contribution in [0.4, 0.5) is 0 Å². The summed E-state index contributed by atoms with van der Waals surface area (Å²) < 4.78 is 0. The number of fused-ring (bicyclic) bond motifs is 3. The first-order valence-electron chi connectivity index (χ1n) is 6.08. The summed E-state index contributed by atoms with van der Waals surface area (Å²) in [6.07, 6.45) is 3.73. The molecule has 0 radical (unpaired) electrons. The third kappa shape index (κ3) is 1.37. The van der Waals surface area contributed by atoms with E-state index in [0.717, 1.165) is 0 Å². The lowest BCUT2D eigenvalue weighted by Gasteiger charge is -2.22. The maximum atomic E-state index is 3.58. The molecule has 2 nitrogen and oxygen atoms in total. The van der Waals surface area contributed by atoms with Crippen molar-refractivity contribution in [2.45, 2.75) is 32.2 Å². The average molecular weight is 214 g/mol.